The van der Waals surface area contributed by atoms with Crippen LogP contribution in [0.25, 0.3) is 0 Å². The van der Waals surface area contributed by atoms with Crippen LogP contribution < -0.4 is 10.6 Å². The van der Waals surface area contributed by atoms with Crippen LogP contribution in [0.15, 0.2) is 22.7 Å². The Morgan fingerprint density at radius 2 is 2.29 bits per heavy atom. The molecule has 1 fully saturated rings. The molecule has 2 rings (SSSR count). The van der Waals surface area contributed by atoms with Crippen molar-refractivity contribution < 1.29 is 5.11 Å². The van der Waals surface area contributed by atoms with E-state index < -0.39 is 5.54 Å². The Hall–Kier alpha value is -0.580. The molecule has 1 aliphatic rings. The first-order chi connectivity index (χ1) is 8.04. The highest BCUT2D eigenvalue weighted by molar-refractivity contribution is 9.10. The Bertz CT molecular complexity index is 410. The van der Waals surface area contributed by atoms with Crippen LogP contribution in [0.2, 0.25) is 0 Å². The van der Waals surface area contributed by atoms with E-state index >= 15 is 0 Å². The van der Waals surface area contributed by atoms with Gasteiger partial charge in [-0.15, -0.1) is 0 Å². The molecule has 1 aliphatic heterocycles. The van der Waals surface area contributed by atoms with Gasteiger partial charge in [0, 0.05) is 23.2 Å². The second-order valence-electron chi connectivity index (χ2n) is 4.98. The molecule has 1 heterocycles. The Morgan fingerprint density at radius 1 is 1.53 bits per heavy atom. The van der Waals surface area contributed by atoms with Crippen LogP contribution in [0.1, 0.15) is 18.4 Å². The average Bonchev–Trinajstić information content (AvgIpc) is 2.33. The van der Waals surface area contributed by atoms with Crippen molar-refractivity contribution in [3.05, 3.63) is 28.2 Å². The third-order valence-corrected chi connectivity index (χ3v) is 4.30. The lowest BCUT2D eigenvalue weighted by Crippen LogP contribution is -2.56. The number of aliphatic hydroxyl groups excluding tert-OH is 1. The van der Waals surface area contributed by atoms with Crippen LogP contribution in [0, 0.1) is 6.92 Å². The molecular formula is C13H19BrN2O. The van der Waals surface area contributed by atoms with Gasteiger partial charge in [-0.1, -0.05) is 22.0 Å². The third kappa shape index (κ3) is 2.81. The summed E-state index contributed by atoms with van der Waals surface area (Å²) in [6.07, 6.45) is 1.93. The van der Waals surface area contributed by atoms with E-state index in [1.165, 1.54) is 11.3 Å². The van der Waals surface area contributed by atoms with E-state index in [9.17, 15) is 5.11 Å². The minimum absolute atomic E-state index is 0.0521. The minimum Gasteiger partial charge on any atom is -0.394 e. The van der Waals surface area contributed by atoms with Crippen molar-refractivity contribution in [1.29, 1.82) is 0 Å². The fourth-order valence-electron chi connectivity index (χ4n) is 2.29. The number of hydrogen-bond acceptors (Lipinski definition) is 3. The van der Waals surface area contributed by atoms with Gasteiger partial charge in [-0.3, -0.25) is 0 Å². The fraction of sp³-hybridized carbons (Fsp3) is 0.538. The molecule has 17 heavy (non-hydrogen) atoms. The maximum atomic E-state index is 9.35. The van der Waals surface area contributed by atoms with Crippen LogP contribution in [0.3, 0.4) is 0 Å². The van der Waals surface area contributed by atoms with Crippen molar-refractivity contribution in [2.75, 3.05) is 24.6 Å². The lowest BCUT2D eigenvalue weighted by atomic mass is 9.90. The van der Waals surface area contributed by atoms with Crippen molar-refractivity contribution >= 4 is 21.6 Å². The minimum atomic E-state index is -0.449. The Balaban J connectivity index is 2.19. The van der Waals surface area contributed by atoms with Crippen LogP contribution in [0.4, 0.5) is 5.69 Å². The van der Waals surface area contributed by atoms with E-state index in [2.05, 4.69) is 46.0 Å². The topological polar surface area (TPSA) is 49.5 Å². The molecule has 1 aromatic rings. The van der Waals surface area contributed by atoms with Crippen LogP contribution in [-0.2, 0) is 0 Å². The van der Waals surface area contributed by atoms with Crippen LogP contribution in [0.5, 0.6) is 0 Å². The van der Waals surface area contributed by atoms with Gasteiger partial charge in [0.25, 0.3) is 0 Å². The third-order valence-electron chi connectivity index (χ3n) is 3.44. The molecule has 1 aromatic carbocycles. The second kappa shape index (κ2) is 4.96. The number of hydrogen-bond donors (Lipinski definition) is 2. The molecule has 0 aliphatic carbocycles. The molecule has 3 nitrogen and oxygen atoms in total. The number of benzene rings is 1. The zero-order valence-electron chi connectivity index (χ0n) is 10.1. The predicted octanol–water partition coefficient (Wildman–Crippen LogP) is 2.05. The number of piperidine rings is 1. The molecule has 0 aromatic heterocycles. The lowest BCUT2D eigenvalue weighted by Gasteiger charge is -2.40. The molecule has 0 saturated carbocycles. The standard InChI is InChI=1S/C13H19BrN2O/c1-10-3-4-11(7-12(10)14)16-6-2-5-13(15,8-16)9-17/h3-4,7,17H,2,5-6,8-9,15H2,1H3. The largest absolute Gasteiger partial charge is 0.394 e. The highest BCUT2D eigenvalue weighted by Gasteiger charge is 2.31. The van der Waals surface area contributed by atoms with Gasteiger partial charge in [0.05, 0.1) is 12.1 Å². The molecule has 4 heteroatoms. The van der Waals surface area contributed by atoms with Crippen molar-refractivity contribution in [3.63, 3.8) is 0 Å². The fourth-order valence-corrected chi connectivity index (χ4v) is 2.65. The molecule has 1 saturated heterocycles. The molecule has 0 amide bonds. The van der Waals surface area contributed by atoms with Gasteiger partial charge < -0.3 is 15.7 Å². The normalized spacial score (nSPS) is 25.1. The maximum Gasteiger partial charge on any atom is 0.0628 e. The van der Waals surface area contributed by atoms with E-state index in [1.807, 2.05) is 0 Å². The summed E-state index contributed by atoms with van der Waals surface area (Å²) in [7, 11) is 0. The Morgan fingerprint density at radius 3 is 2.94 bits per heavy atom. The number of aryl methyl sites for hydroxylation is 1. The number of nitrogens with zero attached hydrogens (tertiary/aromatic N) is 1. The first-order valence-electron chi connectivity index (χ1n) is 5.95. The van der Waals surface area contributed by atoms with E-state index in [0.29, 0.717) is 0 Å². The number of nitrogens with two attached hydrogens (primary N) is 1. The smallest absolute Gasteiger partial charge is 0.0628 e. The molecule has 1 atom stereocenters. The summed E-state index contributed by atoms with van der Waals surface area (Å²) >= 11 is 3.55. The van der Waals surface area contributed by atoms with Crippen molar-refractivity contribution in [3.8, 4) is 0 Å². The molecule has 1 unspecified atom stereocenters. The van der Waals surface area contributed by atoms with E-state index in [0.717, 1.165) is 30.4 Å². The Labute approximate surface area is 111 Å². The van der Waals surface area contributed by atoms with Crippen molar-refractivity contribution in [2.45, 2.75) is 25.3 Å². The summed E-state index contributed by atoms with van der Waals surface area (Å²) < 4.78 is 1.12. The molecule has 3 N–H and O–H groups in total. The van der Waals surface area contributed by atoms with Gasteiger partial charge in [-0.25, -0.2) is 0 Å². The van der Waals surface area contributed by atoms with E-state index in [4.69, 9.17) is 5.73 Å². The van der Waals surface area contributed by atoms with Gasteiger partial charge in [0.1, 0.15) is 0 Å². The summed E-state index contributed by atoms with van der Waals surface area (Å²) in [6.45, 7) is 3.86. The van der Waals surface area contributed by atoms with Crippen molar-refractivity contribution in [2.24, 2.45) is 5.73 Å². The first-order valence-corrected chi connectivity index (χ1v) is 6.74. The Kier molecular flexibility index (Phi) is 3.76. The predicted molar refractivity (Wildman–Crippen MR) is 74.3 cm³/mol. The van der Waals surface area contributed by atoms with Gasteiger partial charge in [-0.05, 0) is 37.5 Å². The van der Waals surface area contributed by atoms with Crippen LogP contribution in [-0.4, -0.2) is 30.3 Å². The molecule has 0 bridgehead atoms. The average molecular weight is 299 g/mol. The second-order valence-corrected chi connectivity index (χ2v) is 5.83. The highest BCUT2D eigenvalue weighted by atomic mass is 79.9. The molecule has 94 valence electrons. The summed E-state index contributed by atoms with van der Waals surface area (Å²) in [5.41, 5.74) is 8.10. The van der Waals surface area contributed by atoms with E-state index in [1.54, 1.807) is 0 Å². The summed E-state index contributed by atoms with van der Waals surface area (Å²) in [5, 5.41) is 9.35. The van der Waals surface area contributed by atoms with Gasteiger partial charge in [0.15, 0.2) is 0 Å². The maximum absolute atomic E-state index is 9.35. The van der Waals surface area contributed by atoms with Gasteiger partial charge in [0.2, 0.25) is 0 Å². The first kappa shape index (κ1) is 12.9. The van der Waals surface area contributed by atoms with Gasteiger partial charge in [-0.2, -0.15) is 0 Å². The summed E-state index contributed by atoms with van der Waals surface area (Å²) in [4.78, 5) is 2.25. The summed E-state index contributed by atoms with van der Waals surface area (Å²) in [6, 6.07) is 6.34. The van der Waals surface area contributed by atoms with E-state index in [-0.39, 0.29) is 6.61 Å². The molecule has 0 radical (unpaired) electrons. The SMILES string of the molecule is Cc1ccc(N2CCCC(N)(CO)C2)cc1Br. The molecular weight excluding hydrogens is 280 g/mol. The summed E-state index contributed by atoms with van der Waals surface area (Å²) in [5.74, 6) is 0. The number of rotatable bonds is 2. The zero-order chi connectivity index (χ0) is 12.5. The number of anilines is 1. The number of halogens is 1. The molecule has 0 spiro atoms. The highest BCUT2D eigenvalue weighted by Crippen LogP contribution is 2.28. The lowest BCUT2D eigenvalue weighted by molar-refractivity contribution is 0.177. The quantitative estimate of drug-likeness (QED) is 0.878. The van der Waals surface area contributed by atoms with Crippen molar-refractivity contribution in [1.82, 2.24) is 0 Å². The number of aliphatic hydroxyl groups is 1. The van der Waals surface area contributed by atoms with Gasteiger partial charge >= 0.3 is 0 Å². The zero-order valence-corrected chi connectivity index (χ0v) is 11.7. The monoisotopic (exact) mass is 298 g/mol. The van der Waals surface area contributed by atoms with Crippen LogP contribution >= 0.6 is 15.9 Å².